The molecule has 1 aliphatic heterocycles. The second kappa shape index (κ2) is 5.33. The summed E-state index contributed by atoms with van der Waals surface area (Å²) in [7, 11) is -2.64. The summed E-state index contributed by atoms with van der Waals surface area (Å²) >= 11 is 3.48. The number of carbonyl (C=O) groups is 1. The van der Waals surface area contributed by atoms with Gasteiger partial charge >= 0.3 is 16.3 Å². The average Bonchev–Trinajstić information content (AvgIpc) is 2.21. The van der Waals surface area contributed by atoms with E-state index >= 15 is 0 Å². The number of rotatable bonds is 2. The first-order valence-electron chi connectivity index (χ1n) is 4.86. The van der Waals surface area contributed by atoms with Crippen LogP contribution in [0.25, 0.3) is 0 Å². The minimum absolute atomic E-state index is 0.211. The Labute approximate surface area is 104 Å². The van der Waals surface area contributed by atoms with E-state index in [1.54, 1.807) is 0 Å². The molecular formula is C8H15BrN2O4S. The number of amides is 1. The summed E-state index contributed by atoms with van der Waals surface area (Å²) in [5.74, 6) is 0.211. The molecule has 8 heteroatoms. The van der Waals surface area contributed by atoms with Gasteiger partial charge in [-0.2, -0.15) is 12.7 Å². The number of nitrogens with one attached hydrogen (secondary N) is 1. The molecule has 94 valence electrons. The van der Waals surface area contributed by atoms with Crippen molar-refractivity contribution in [3.05, 3.63) is 0 Å². The molecule has 2 unspecified atom stereocenters. The second-order valence-corrected chi connectivity index (χ2v) is 6.59. The molecular weight excluding hydrogens is 300 g/mol. The average molecular weight is 315 g/mol. The molecule has 0 bridgehead atoms. The number of hydrogen-bond acceptors (Lipinski definition) is 4. The number of piperidine rings is 1. The van der Waals surface area contributed by atoms with E-state index in [0.717, 1.165) is 13.5 Å². The Bertz CT molecular complexity index is 359. The molecule has 1 saturated heterocycles. The van der Waals surface area contributed by atoms with Crippen molar-refractivity contribution in [2.75, 3.05) is 20.2 Å². The van der Waals surface area contributed by atoms with E-state index in [-0.39, 0.29) is 5.92 Å². The summed E-state index contributed by atoms with van der Waals surface area (Å²) in [4.78, 5) is 11.2. The highest BCUT2D eigenvalue weighted by atomic mass is 79.9. The van der Waals surface area contributed by atoms with Crippen LogP contribution in [0.4, 0.5) is 4.79 Å². The fourth-order valence-corrected chi connectivity index (χ4v) is 3.08. The van der Waals surface area contributed by atoms with Crippen molar-refractivity contribution in [1.82, 2.24) is 9.03 Å². The molecule has 16 heavy (non-hydrogen) atoms. The van der Waals surface area contributed by atoms with Gasteiger partial charge in [0.05, 0.1) is 7.11 Å². The van der Waals surface area contributed by atoms with Crippen LogP contribution in [0, 0.1) is 5.92 Å². The van der Waals surface area contributed by atoms with Crippen LogP contribution in [0.1, 0.15) is 13.3 Å². The van der Waals surface area contributed by atoms with Gasteiger partial charge in [-0.05, 0) is 12.3 Å². The van der Waals surface area contributed by atoms with E-state index in [0.29, 0.717) is 17.9 Å². The third-order valence-corrected chi connectivity index (χ3v) is 5.30. The molecule has 0 aromatic rings. The Morgan fingerprint density at radius 3 is 2.69 bits per heavy atom. The molecule has 0 saturated carbocycles. The zero-order valence-electron chi connectivity index (χ0n) is 9.14. The van der Waals surface area contributed by atoms with Crippen LogP contribution in [0.2, 0.25) is 0 Å². The highest BCUT2D eigenvalue weighted by Gasteiger charge is 2.32. The van der Waals surface area contributed by atoms with Crippen molar-refractivity contribution in [2.24, 2.45) is 5.92 Å². The van der Waals surface area contributed by atoms with E-state index in [2.05, 4.69) is 20.7 Å². The highest BCUT2D eigenvalue weighted by molar-refractivity contribution is 9.09. The van der Waals surface area contributed by atoms with Crippen molar-refractivity contribution >= 4 is 32.2 Å². The van der Waals surface area contributed by atoms with Crippen LogP contribution in [0.5, 0.6) is 0 Å². The molecule has 0 spiro atoms. The standard InChI is InChI=1S/C8H15BrN2O4S/c1-6-5-11(4-3-7(6)9)16(13,14)10-8(12)15-2/h6-7H,3-5H2,1-2H3,(H,10,12). The van der Waals surface area contributed by atoms with Gasteiger partial charge in [0.25, 0.3) is 0 Å². The Kier molecular flexibility index (Phi) is 4.57. The predicted octanol–water partition coefficient (Wildman–Crippen LogP) is 0.693. The number of ether oxygens (including phenoxy) is 1. The molecule has 1 amide bonds. The number of nitrogens with zero attached hydrogens (tertiary/aromatic N) is 1. The Morgan fingerprint density at radius 1 is 1.56 bits per heavy atom. The largest absolute Gasteiger partial charge is 0.452 e. The van der Waals surface area contributed by atoms with E-state index in [9.17, 15) is 13.2 Å². The number of alkyl halides is 1. The molecule has 6 nitrogen and oxygen atoms in total. The Balaban J connectivity index is 2.67. The maximum atomic E-state index is 11.7. The van der Waals surface area contributed by atoms with Crippen LogP contribution in [-0.4, -0.2) is 43.8 Å². The summed E-state index contributed by atoms with van der Waals surface area (Å²) in [6, 6.07) is 0. The van der Waals surface area contributed by atoms with Crippen LogP contribution >= 0.6 is 15.9 Å². The molecule has 1 heterocycles. The zero-order valence-corrected chi connectivity index (χ0v) is 11.5. The van der Waals surface area contributed by atoms with Gasteiger partial charge in [-0.1, -0.05) is 22.9 Å². The smallest absolute Gasteiger partial charge is 0.421 e. The van der Waals surface area contributed by atoms with E-state index in [1.165, 1.54) is 4.31 Å². The van der Waals surface area contributed by atoms with Gasteiger partial charge < -0.3 is 4.74 Å². The van der Waals surface area contributed by atoms with Gasteiger partial charge in [-0.25, -0.2) is 9.52 Å². The summed E-state index contributed by atoms with van der Waals surface area (Å²) in [6.45, 7) is 2.74. The monoisotopic (exact) mass is 314 g/mol. The lowest BCUT2D eigenvalue weighted by molar-refractivity contribution is 0.176. The summed E-state index contributed by atoms with van der Waals surface area (Å²) in [6.07, 6.45) is -0.239. The first-order chi connectivity index (χ1) is 7.36. The van der Waals surface area contributed by atoms with E-state index in [1.807, 2.05) is 11.6 Å². The van der Waals surface area contributed by atoms with Crippen molar-refractivity contribution in [3.63, 3.8) is 0 Å². The molecule has 1 fully saturated rings. The van der Waals surface area contributed by atoms with E-state index < -0.39 is 16.3 Å². The third-order valence-electron chi connectivity index (χ3n) is 2.50. The van der Waals surface area contributed by atoms with Crippen molar-refractivity contribution in [1.29, 1.82) is 0 Å². The minimum atomic E-state index is -3.76. The maximum Gasteiger partial charge on any atom is 0.421 e. The molecule has 2 atom stereocenters. The summed E-state index contributed by atoms with van der Waals surface area (Å²) in [5, 5.41) is 0. The second-order valence-electron chi connectivity index (χ2n) is 3.74. The van der Waals surface area contributed by atoms with Crippen molar-refractivity contribution in [2.45, 2.75) is 18.2 Å². The molecule has 0 aliphatic carbocycles. The van der Waals surface area contributed by atoms with Crippen molar-refractivity contribution in [3.8, 4) is 0 Å². The molecule has 1 N–H and O–H groups in total. The van der Waals surface area contributed by atoms with Crippen molar-refractivity contribution < 1.29 is 17.9 Å². The zero-order chi connectivity index (χ0) is 12.3. The van der Waals surface area contributed by atoms with Gasteiger partial charge in [0.2, 0.25) is 0 Å². The highest BCUT2D eigenvalue weighted by Crippen LogP contribution is 2.24. The fraction of sp³-hybridized carbons (Fsp3) is 0.875. The number of hydrogen-bond donors (Lipinski definition) is 1. The van der Waals surface area contributed by atoms with Gasteiger partial charge in [0.15, 0.2) is 0 Å². The number of methoxy groups -OCH3 is 1. The van der Waals surface area contributed by atoms with Crippen LogP contribution in [0.15, 0.2) is 0 Å². The molecule has 1 rings (SSSR count). The third kappa shape index (κ3) is 3.33. The first-order valence-corrected chi connectivity index (χ1v) is 7.22. The normalized spacial score (nSPS) is 27.4. The first kappa shape index (κ1) is 13.7. The lowest BCUT2D eigenvalue weighted by atomic mass is 10.0. The molecule has 0 aromatic carbocycles. The number of halogens is 1. The van der Waals surface area contributed by atoms with Gasteiger partial charge in [0.1, 0.15) is 0 Å². The lowest BCUT2D eigenvalue weighted by Gasteiger charge is -2.32. The SMILES string of the molecule is COC(=O)NS(=O)(=O)N1CCC(Br)C(C)C1. The van der Waals surface area contributed by atoms with Gasteiger partial charge in [-0.15, -0.1) is 0 Å². The fourth-order valence-electron chi connectivity index (χ4n) is 1.51. The van der Waals surface area contributed by atoms with Crippen LogP contribution in [-0.2, 0) is 14.9 Å². The molecule has 0 aromatic heterocycles. The molecule has 0 radical (unpaired) electrons. The van der Waals surface area contributed by atoms with E-state index in [4.69, 9.17) is 0 Å². The van der Waals surface area contributed by atoms with Gasteiger partial charge in [0, 0.05) is 17.9 Å². The quantitative estimate of drug-likeness (QED) is 0.761. The summed E-state index contributed by atoms with van der Waals surface area (Å²) in [5.41, 5.74) is 0. The topological polar surface area (TPSA) is 75.7 Å². The molecule has 1 aliphatic rings. The number of carbonyl (C=O) groups excluding carboxylic acids is 1. The Morgan fingerprint density at radius 2 is 2.19 bits per heavy atom. The van der Waals surface area contributed by atoms with Crippen LogP contribution < -0.4 is 4.72 Å². The lowest BCUT2D eigenvalue weighted by Crippen LogP contribution is -2.49. The maximum absolute atomic E-state index is 11.7. The van der Waals surface area contributed by atoms with Gasteiger partial charge in [-0.3, -0.25) is 0 Å². The minimum Gasteiger partial charge on any atom is -0.452 e. The summed E-state index contributed by atoms with van der Waals surface area (Å²) < 4.78 is 30.8. The predicted molar refractivity (Wildman–Crippen MR) is 62.5 cm³/mol. The Hall–Kier alpha value is -0.340. The van der Waals surface area contributed by atoms with Crippen LogP contribution in [0.3, 0.4) is 0 Å².